The van der Waals surface area contributed by atoms with Gasteiger partial charge in [0.15, 0.2) is 0 Å². The molecule has 2 rings (SSSR count). The van der Waals surface area contributed by atoms with Gasteiger partial charge < -0.3 is 9.42 Å². The van der Waals surface area contributed by atoms with Crippen LogP contribution in [0.1, 0.15) is 24.3 Å². The van der Waals surface area contributed by atoms with Gasteiger partial charge in [-0.15, -0.1) is 0 Å². The molecule has 0 atom stereocenters. The fourth-order valence-electron chi connectivity index (χ4n) is 1.97. The number of aryl methyl sites for hydroxylation is 1. The minimum Gasteiger partial charge on any atom is -0.361 e. The van der Waals surface area contributed by atoms with Crippen molar-refractivity contribution in [3.8, 4) is 0 Å². The van der Waals surface area contributed by atoms with Gasteiger partial charge in [0.2, 0.25) is 5.91 Å². The topological polar surface area (TPSA) is 49.6 Å². The van der Waals surface area contributed by atoms with Gasteiger partial charge in [-0.1, -0.05) is 5.16 Å². The average molecular weight is 251 g/mol. The van der Waals surface area contributed by atoms with Crippen LogP contribution in [0.3, 0.4) is 0 Å². The number of likely N-dealkylation sites (N-methyl/N-ethyl adjacent to an activating group) is 2. The molecule has 1 amide bonds. The highest BCUT2D eigenvalue weighted by molar-refractivity contribution is 5.77. The summed E-state index contributed by atoms with van der Waals surface area (Å²) in [6, 6.07) is 1.90. The normalized spacial score (nSPS) is 15.1. The van der Waals surface area contributed by atoms with Crippen LogP contribution in [0.15, 0.2) is 10.6 Å². The minimum absolute atomic E-state index is 0.171. The van der Waals surface area contributed by atoms with E-state index >= 15 is 0 Å². The molecule has 0 spiro atoms. The summed E-state index contributed by atoms with van der Waals surface area (Å²) in [6.07, 6.45) is 2.54. The van der Waals surface area contributed by atoms with Crippen molar-refractivity contribution in [2.24, 2.45) is 5.92 Å². The summed E-state index contributed by atoms with van der Waals surface area (Å²) < 4.78 is 5.01. The summed E-state index contributed by atoms with van der Waals surface area (Å²) in [6.45, 7) is 3.83. The summed E-state index contributed by atoms with van der Waals surface area (Å²) in [4.78, 5) is 15.7. The summed E-state index contributed by atoms with van der Waals surface area (Å²) in [5, 5.41) is 3.92. The van der Waals surface area contributed by atoms with E-state index in [9.17, 15) is 4.79 Å². The Morgan fingerprint density at radius 1 is 1.50 bits per heavy atom. The number of hydrogen-bond donors (Lipinski definition) is 0. The number of carbonyl (C=O) groups is 1. The number of carbonyl (C=O) groups excluding carboxylic acids is 1. The molecule has 18 heavy (non-hydrogen) atoms. The minimum atomic E-state index is 0.171. The number of aromatic nitrogens is 1. The summed E-state index contributed by atoms with van der Waals surface area (Å²) in [5.41, 5.74) is 0.868. The zero-order chi connectivity index (χ0) is 13.1. The van der Waals surface area contributed by atoms with Crippen LogP contribution in [-0.4, -0.2) is 48.0 Å². The quantitative estimate of drug-likeness (QED) is 0.764. The van der Waals surface area contributed by atoms with Crippen molar-refractivity contribution < 1.29 is 9.32 Å². The first-order valence-electron chi connectivity index (χ1n) is 6.39. The predicted molar refractivity (Wildman–Crippen MR) is 67.9 cm³/mol. The molecule has 1 aliphatic carbocycles. The van der Waals surface area contributed by atoms with Crippen molar-refractivity contribution in [2.45, 2.75) is 26.3 Å². The molecule has 0 aliphatic heterocycles. The Balaban J connectivity index is 1.75. The van der Waals surface area contributed by atoms with E-state index in [1.165, 1.54) is 12.8 Å². The van der Waals surface area contributed by atoms with E-state index in [0.717, 1.165) is 23.9 Å². The Bertz CT molecular complexity index is 412. The highest BCUT2D eigenvalue weighted by Crippen LogP contribution is 2.29. The first-order chi connectivity index (χ1) is 8.54. The van der Waals surface area contributed by atoms with E-state index in [-0.39, 0.29) is 5.91 Å². The van der Waals surface area contributed by atoms with Crippen LogP contribution in [0.4, 0.5) is 0 Å². The lowest BCUT2D eigenvalue weighted by atomic mass is 10.3. The smallest absolute Gasteiger partial charge is 0.236 e. The average Bonchev–Trinajstić information content (AvgIpc) is 3.01. The highest BCUT2D eigenvalue weighted by atomic mass is 16.5. The molecule has 1 aromatic rings. The second-order valence-electron chi connectivity index (χ2n) is 5.32. The molecule has 0 aromatic carbocycles. The lowest BCUT2D eigenvalue weighted by Crippen LogP contribution is -2.37. The van der Waals surface area contributed by atoms with Crippen LogP contribution in [0, 0.1) is 12.8 Å². The van der Waals surface area contributed by atoms with Crippen molar-refractivity contribution in [3.05, 3.63) is 17.5 Å². The Morgan fingerprint density at radius 2 is 2.22 bits per heavy atom. The molecule has 1 heterocycles. The molecule has 0 radical (unpaired) electrons. The fraction of sp³-hybridized carbons (Fsp3) is 0.692. The number of hydrogen-bond acceptors (Lipinski definition) is 4. The lowest BCUT2D eigenvalue weighted by Gasteiger charge is -2.21. The van der Waals surface area contributed by atoms with E-state index in [1.807, 2.05) is 36.9 Å². The van der Waals surface area contributed by atoms with Crippen molar-refractivity contribution in [2.75, 3.05) is 27.2 Å². The van der Waals surface area contributed by atoms with E-state index < -0.39 is 0 Å². The van der Waals surface area contributed by atoms with Gasteiger partial charge in [0.05, 0.1) is 12.2 Å². The van der Waals surface area contributed by atoms with Crippen LogP contribution in [-0.2, 0) is 11.3 Å². The Hall–Kier alpha value is -1.36. The Morgan fingerprint density at radius 3 is 2.78 bits per heavy atom. The molecule has 0 saturated heterocycles. The maximum absolute atomic E-state index is 12.0. The van der Waals surface area contributed by atoms with E-state index in [1.54, 1.807) is 0 Å². The zero-order valence-electron chi connectivity index (χ0n) is 11.3. The van der Waals surface area contributed by atoms with Gasteiger partial charge in [0, 0.05) is 26.2 Å². The molecule has 1 aliphatic rings. The van der Waals surface area contributed by atoms with Crippen LogP contribution < -0.4 is 0 Å². The van der Waals surface area contributed by atoms with E-state index in [4.69, 9.17) is 4.52 Å². The fourth-order valence-corrected chi connectivity index (χ4v) is 1.97. The summed E-state index contributed by atoms with van der Waals surface area (Å²) >= 11 is 0. The Kier molecular flexibility index (Phi) is 4.01. The first-order valence-corrected chi connectivity index (χ1v) is 6.39. The van der Waals surface area contributed by atoms with Crippen LogP contribution in [0.5, 0.6) is 0 Å². The van der Waals surface area contributed by atoms with Crippen LogP contribution in [0.2, 0.25) is 0 Å². The predicted octanol–water partition coefficient (Wildman–Crippen LogP) is 1.28. The van der Waals surface area contributed by atoms with Gasteiger partial charge in [-0.05, 0) is 32.7 Å². The van der Waals surface area contributed by atoms with Crippen molar-refractivity contribution in [3.63, 3.8) is 0 Å². The molecule has 5 nitrogen and oxygen atoms in total. The maximum atomic E-state index is 12.0. The number of rotatable bonds is 6. The maximum Gasteiger partial charge on any atom is 0.236 e. The van der Waals surface area contributed by atoms with Gasteiger partial charge >= 0.3 is 0 Å². The molecular formula is C13H21N3O2. The van der Waals surface area contributed by atoms with Gasteiger partial charge in [-0.3, -0.25) is 9.69 Å². The summed E-state index contributed by atoms with van der Waals surface area (Å²) in [5.74, 6) is 1.71. The van der Waals surface area contributed by atoms with E-state index in [2.05, 4.69) is 5.16 Å². The molecule has 0 unspecified atom stereocenters. The Labute approximate surface area is 108 Å². The van der Waals surface area contributed by atoms with Crippen LogP contribution in [0.25, 0.3) is 0 Å². The summed E-state index contributed by atoms with van der Waals surface area (Å²) in [7, 11) is 3.81. The van der Waals surface area contributed by atoms with Crippen molar-refractivity contribution in [1.29, 1.82) is 0 Å². The molecular weight excluding hydrogens is 230 g/mol. The zero-order valence-corrected chi connectivity index (χ0v) is 11.3. The number of nitrogens with zero attached hydrogens (tertiary/aromatic N) is 3. The molecule has 0 bridgehead atoms. The third-order valence-corrected chi connectivity index (χ3v) is 3.17. The number of amides is 1. The molecule has 5 heteroatoms. The van der Waals surface area contributed by atoms with Gasteiger partial charge in [0.1, 0.15) is 5.76 Å². The van der Waals surface area contributed by atoms with Gasteiger partial charge in [-0.2, -0.15) is 0 Å². The van der Waals surface area contributed by atoms with Crippen molar-refractivity contribution >= 4 is 5.91 Å². The molecule has 1 fully saturated rings. The van der Waals surface area contributed by atoms with Crippen LogP contribution >= 0.6 is 0 Å². The molecule has 1 aromatic heterocycles. The third kappa shape index (κ3) is 3.84. The second kappa shape index (κ2) is 5.52. The SMILES string of the molecule is Cc1cc(CN(C)CC(=O)N(C)CC2CC2)no1. The van der Waals surface area contributed by atoms with Gasteiger partial charge in [-0.25, -0.2) is 0 Å². The third-order valence-electron chi connectivity index (χ3n) is 3.17. The first kappa shape index (κ1) is 13.1. The standard InChI is InChI=1S/C13H21N3O2/c1-10-6-12(14-18-10)8-15(2)9-13(17)16(3)7-11-4-5-11/h6,11H,4-5,7-9H2,1-3H3. The largest absolute Gasteiger partial charge is 0.361 e. The van der Waals surface area contributed by atoms with Crippen molar-refractivity contribution in [1.82, 2.24) is 15.0 Å². The van der Waals surface area contributed by atoms with E-state index in [0.29, 0.717) is 13.1 Å². The monoisotopic (exact) mass is 251 g/mol. The second-order valence-corrected chi connectivity index (χ2v) is 5.32. The highest BCUT2D eigenvalue weighted by Gasteiger charge is 2.25. The lowest BCUT2D eigenvalue weighted by molar-refractivity contribution is -0.131. The molecule has 0 N–H and O–H groups in total. The molecule has 1 saturated carbocycles. The van der Waals surface area contributed by atoms with Gasteiger partial charge in [0.25, 0.3) is 0 Å². The molecule has 100 valence electrons.